The minimum Gasteiger partial charge on any atom is -0.387 e. The van der Waals surface area contributed by atoms with Gasteiger partial charge in [-0.3, -0.25) is 0 Å². The average Bonchev–Trinajstić information content (AvgIpc) is 3.11. The molecule has 1 fully saturated rings. The Morgan fingerprint density at radius 3 is 2.55 bits per heavy atom. The molecule has 116 valence electrons. The van der Waals surface area contributed by atoms with Crippen molar-refractivity contribution in [1.82, 2.24) is 10.3 Å². The Bertz CT molecular complexity index is 565. The number of hydrogen-bond donors (Lipinski definition) is 2. The number of benzene rings is 1. The van der Waals surface area contributed by atoms with Crippen LogP contribution in [0.1, 0.15) is 30.1 Å². The van der Waals surface area contributed by atoms with Crippen LogP contribution in [-0.4, -0.2) is 29.7 Å². The summed E-state index contributed by atoms with van der Waals surface area (Å²) in [6.07, 6.45) is 3.98. The van der Waals surface area contributed by atoms with Crippen molar-refractivity contribution in [2.75, 3.05) is 24.5 Å². The first kappa shape index (κ1) is 15.0. The molecule has 0 spiro atoms. The summed E-state index contributed by atoms with van der Waals surface area (Å²) in [4.78, 5) is 6.87. The van der Waals surface area contributed by atoms with Gasteiger partial charge in [-0.05, 0) is 30.0 Å². The molecule has 0 saturated carbocycles. The Hall–Kier alpha value is -1.91. The average molecular weight is 297 g/mol. The van der Waals surface area contributed by atoms with Crippen molar-refractivity contribution in [3.05, 3.63) is 59.8 Å². The molecule has 2 N–H and O–H groups in total. The fourth-order valence-corrected chi connectivity index (χ4v) is 2.80. The quantitative estimate of drug-likeness (QED) is 0.860. The molecule has 0 amide bonds. The highest BCUT2D eigenvalue weighted by molar-refractivity contribution is 5.40. The molecule has 1 aliphatic heterocycles. The Kier molecular flexibility index (Phi) is 5.03. The minimum atomic E-state index is -0.474. The summed E-state index contributed by atoms with van der Waals surface area (Å²) < 4.78 is 0. The van der Waals surface area contributed by atoms with Gasteiger partial charge in [0.2, 0.25) is 0 Å². The van der Waals surface area contributed by atoms with Gasteiger partial charge in [0.05, 0.1) is 6.10 Å². The summed E-state index contributed by atoms with van der Waals surface area (Å²) >= 11 is 0. The zero-order valence-electron chi connectivity index (χ0n) is 12.8. The zero-order valence-corrected chi connectivity index (χ0v) is 12.8. The van der Waals surface area contributed by atoms with Gasteiger partial charge in [0, 0.05) is 32.4 Å². The van der Waals surface area contributed by atoms with Crippen LogP contribution in [0, 0.1) is 0 Å². The standard InChI is InChI=1S/C18H23N3O/c22-17(16-6-2-1-3-7-16)14-19-12-15-8-9-18(20-13-15)21-10-4-5-11-21/h1-3,6-9,13,17,19,22H,4-5,10-12,14H2/t17-/m1/s1. The second-order valence-electron chi connectivity index (χ2n) is 5.78. The lowest BCUT2D eigenvalue weighted by molar-refractivity contribution is 0.174. The van der Waals surface area contributed by atoms with E-state index in [4.69, 9.17) is 0 Å². The predicted molar refractivity (Wildman–Crippen MR) is 88.8 cm³/mol. The van der Waals surface area contributed by atoms with Crippen LogP contribution in [0.2, 0.25) is 0 Å². The normalized spacial score (nSPS) is 16.0. The van der Waals surface area contributed by atoms with E-state index in [0.717, 1.165) is 36.6 Å². The van der Waals surface area contributed by atoms with Gasteiger partial charge in [-0.1, -0.05) is 36.4 Å². The van der Waals surface area contributed by atoms with Crippen LogP contribution in [0.15, 0.2) is 48.7 Å². The molecular formula is C18H23N3O. The van der Waals surface area contributed by atoms with E-state index >= 15 is 0 Å². The highest BCUT2D eigenvalue weighted by Gasteiger charge is 2.13. The smallest absolute Gasteiger partial charge is 0.128 e. The maximum atomic E-state index is 10.1. The largest absolute Gasteiger partial charge is 0.387 e. The molecule has 3 rings (SSSR count). The lowest BCUT2D eigenvalue weighted by Gasteiger charge is -2.16. The molecule has 1 aromatic carbocycles. The highest BCUT2D eigenvalue weighted by Crippen LogP contribution is 2.17. The van der Waals surface area contributed by atoms with Gasteiger partial charge in [-0.15, -0.1) is 0 Å². The molecule has 22 heavy (non-hydrogen) atoms. The SMILES string of the molecule is O[C@H](CNCc1ccc(N2CCCC2)nc1)c1ccccc1. The molecule has 0 bridgehead atoms. The third-order valence-electron chi connectivity index (χ3n) is 4.09. The number of aromatic nitrogens is 1. The Morgan fingerprint density at radius 2 is 1.86 bits per heavy atom. The summed E-state index contributed by atoms with van der Waals surface area (Å²) in [6.45, 7) is 3.50. The Morgan fingerprint density at radius 1 is 1.09 bits per heavy atom. The van der Waals surface area contributed by atoms with Crippen molar-refractivity contribution < 1.29 is 5.11 Å². The first-order valence-electron chi connectivity index (χ1n) is 7.96. The van der Waals surface area contributed by atoms with Crippen LogP contribution >= 0.6 is 0 Å². The first-order chi connectivity index (χ1) is 10.8. The number of hydrogen-bond acceptors (Lipinski definition) is 4. The number of nitrogens with zero attached hydrogens (tertiary/aromatic N) is 2. The molecular weight excluding hydrogens is 274 g/mol. The van der Waals surface area contributed by atoms with E-state index < -0.39 is 6.10 Å². The Balaban J connectivity index is 1.47. The molecule has 1 atom stereocenters. The van der Waals surface area contributed by atoms with Crippen LogP contribution in [0.4, 0.5) is 5.82 Å². The molecule has 1 aliphatic rings. The lowest BCUT2D eigenvalue weighted by atomic mass is 10.1. The number of anilines is 1. The van der Waals surface area contributed by atoms with Crippen LogP contribution in [0.3, 0.4) is 0 Å². The monoisotopic (exact) mass is 297 g/mol. The van der Waals surface area contributed by atoms with E-state index in [1.165, 1.54) is 12.8 Å². The molecule has 1 saturated heterocycles. The molecule has 1 aromatic heterocycles. The maximum Gasteiger partial charge on any atom is 0.128 e. The second-order valence-corrected chi connectivity index (χ2v) is 5.78. The van der Waals surface area contributed by atoms with Gasteiger partial charge >= 0.3 is 0 Å². The van der Waals surface area contributed by atoms with E-state index in [9.17, 15) is 5.11 Å². The third-order valence-corrected chi connectivity index (χ3v) is 4.09. The van der Waals surface area contributed by atoms with Gasteiger partial charge in [-0.2, -0.15) is 0 Å². The lowest BCUT2D eigenvalue weighted by Crippen LogP contribution is -2.22. The maximum absolute atomic E-state index is 10.1. The van der Waals surface area contributed by atoms with E-state index in [0.29, 0.717) is 6.54 Å². The van der Waals surface area contributed by atoms with Crippen molar-refractivity contribution >= 4 is 5.82 Å². The summed E-state index contributed by atoms with van der Waals surface area (Å²) in [5.74, 6) is 1.07. The fraction of sp³-hybridized carbons (Fsp3) is 0.389. The van der Waals surface area contributed by atoms with Gasteiger partial charge in [-0.25, -0.2) is 4.98 Å². The number of aliphatic hydroxyl groups is 1. The van der Waals surface area contributed by atoms with Crippen molar-refractivity contribution in [3.8, 4) is 0 Å². The summed E-state index contributed by atoms with van der Waals surface area (Å²) in [5.41, 5.74) is 2.08. The zero-order chi connectivity index (χ0) is 15.2. The van der Waals surface area contributed by atoms with Crippen molar-refractivity contribution in [1.29, 1.82) is 0 Å². The molecule has 0 radical (unpaired) electrons. The van der Waals surface area contributed by atoms with Crippen LogP contribution < -0.4 is 10.2 Å². The van der Waals surface area contributed by atoms with Crippen molar-refractivity contribution in [2.24, 2.45) is 0 Å². The highest BCUT2D eigenvalue weighted by atomic mass is 16.3. The van der Waals surface area contributed by atoms with Crippen LogP contribution in [0.5, 0.6) is 0 Å². The van der Waals surface area contributed by atoms with E-state index in [1.54, 1.807) is 0 Å². The number of rotatable bonds is 6. The van der Waals surface area contributed by atoms with Crippen molar-refractivity contribution in [3.63, 3.8) is 0 Å². The molecule has 4 heteroatoms. The summed E-state index contributed by atoms with van der Waals surface area (Å²) in [6, 6.07) is 13.9. The van der Waals surface area contributed by atoms with Crippen LogP contribution in [-0.2, 0) is 6.54 Å². The fourth-order valence-electron chi connectivity index (χ4n) is 2.80. The predicted octanol–water partition coefficient (Wildman–Crippen LogP) is 2.51. The van der Waals surface area contributed by atoms with E-state index in [1.807, 2.05) is 36.5 Å². The minimum absolute atomic E-state index is 0.474. The number of aliphatic hydroxyl groups excluding tert-OH is 1. The van der Waals surface area contributed by atoms with Gasteiger partial charge < -0.3 is 15.3 Å². The number of nitrogens with one attached hydrogen (secondary N) is 1. The van der Waals surface area contributed by atoms with Gasteiger partial charge in [0.25, 0.3) is 0 Å². The van der Waals surface area contributed by atoms with E-state index in [2.05, 4.69) is 27.3 Å². The van der Waals surface area contributed by atoms with Gasteiger partial charge in [0.15, 0.2) is 0 Å². The summed E-state index contributed by atoms with van der Waals surface area (Å²) in [5, 5.41) is 13.4. The Labute approximate surface area is 131 Å². The molecule has 2 aromatic rings. The summed E-state index contributed by atoms with van der Waals surface area (Å²) in [7, 11) is 0. The van der Waals surface area contributed by atoms with E-state index in [-0.39, 0.29) is 0 Å². The molecule has 0 aliphatic carbocycles. The van der Waals surface area contributed by atoms with Crippen molar-refractivity contribution in [2.45, 2.75) is 25.5 Å². The third kappa shape index (κ3) is 3.84. The van der Waals surface area contributed by atoms with Gasteiger partial charge in [0.1, 0.15) is 5.82 Å². The van der Waals surface area contributed by atoms with Crippen LogP contribution in [0.25, 0.3) is 0 Å². The molecule has 4 nitrogen and oxygen atoms in total. The second kappa shape index (κ2) is 7.38. The number of pyridine rings is 1. The molecule has 0 unspecified atom stereocenters. The first-order valence-corrected chi connectivity index (χ1v) is 7.96. The molecule has 2 heterocycles. The topological polar surface area (TPSA) is 48.4 Å².